The van der Waals surface area contributed by atoms with Gasteiger partial charge in [0.15, 0.2) is 0 Å². The van der Waals surface area contributed by atoms with Crippen molar-refractivity contribution >= 4 is 17.8 Å². The lowest BCUT2D eigenvalue weighted by molar-refractivity contribution is -0.143. The topological polar surface area (TPSA) is 108 Å². The molecule has 1 aliphatic heterocycles. The fourth-order valence-electron chi connectivity index (χ4n) is 2.53. The minimum absolute atomic E-state index is 0.0105. The number of nitrogens with zero attached hydrogens (tertiary/aromatic N) is 1. The van der Waals surface area contributed by atoms with Crippen LogP contribution in [0.15, 0.2) is 16.5 Å². The van der Waals surface area contributed by atoms with Gasteiger partial charge >= 0.3 is 11.9 Å². The maximum atomic E-state index is 12.2. The molecule has 0 aromatic carbocycles. The number of hydrogen-bond donors (Lipinski definition) is 2. The molecule has 7 nitrogen and oxygen atoms in total. The van der Waals surface area contributed by atoms with Crippen molar-refractivity contribution in [3.63, 3.8) is 0 Å². The van der Waals surface area contributed by atoms with E-state index in [1.54, 1.807) is 4.90 Å². The van der Waals surface area contributed by atoms with Gasteiger partial charge in [-0.2, -0.15) is 0 Å². The molecule has 22 heavy (non-hydrogen) atoms. The zero-order chi connectivity index (χ0) is 16.3. The first kappa shape index (κ1) is 16.1. The first-order chi connectivity index (χ1) is 10.4. The summed E-state index contributed by atoms with van der Waals surface area (Å²) in [5.41, 5.74) is 0. The predicted molar refractivity (Wildman–Crippen MR) is 75.6 cm³/mol. The largest absolute Gasteiger partial charge is 0.481 e. The van der Waals surface area contributed by atoms with E-state index in [9.17, 15) is 19.5 Å². The lowest BCUT2D eigenvalue weighted by atomic mass is 9.97. The van der Waals surface area contributed by atoms with Crippen LogP contribution in [0, 0.1) is 5.92 Å². The molecular weight excluding hydrogens is 290 g/mol. The van der Waals surface area contributed by atoms with Crippen LogP contribution in [0.2, 0.25) is 0 Å². The summed E-state index contributed by atoms with van der Waals surface area (Å²) in [5, 5.41) is 18.1. The van der Waals surface area contributed by atoms with Crippen molar-refractivity contribution in [3.05, 3.63) is 23.7 Å². The molecule has 1 aromatic heterocycles. The molecule has 1 aromatic rings. The number of likely N-dealkylation sites (tertiary alicyclic amines) is 1. The van der Waals surface area contributed by atoms with E-state index in [-0.39, 0.29) is 23.8 Å². The van der Waals surface area contributed by atoms with Gasteiger partial charge < -0.3 is 19.5 Å². The fourth-order valence-corrected chi connectivity index (χ4v) is 2.53. The molecule has 0 aliphatic carbocycles. The summed E-state index contributed by atoms with van der Waals surface area (Å²) in [5.74, 6) is -3.66. The van der Waals surface area contributed by atoms with Crippen LogP contribution in [-0.4, -0.2) is 46.0 Å². The highest BCUT2D eigenvalue weighted by molar-refractivity contribution is 5.87. The molecule has 7 heteroatoms. The Bertz CT molecular complexity index is 570. The molecule has 0 spiro atoms. The van der Waals surface area contributed by atoms with Crippen molar-refractivity contribution in [2.75, 3.05) is 13.1 Å². The van der Waals surface area contributed by atoms with Gasteiger partial charge in [-0.15, -0.1) is 0 Å². The SMILES string of the molecule is CC1CCN(C(=O)CC(C(=O)O)c2ccc(C(=O)O)o2)CC1. The Morgan fingerprint density at radius 2 is 1.91 bits per heavy atom. The van der Waals surface area contributed by atoms with E-state index in [1.807, 2.05) is 0 Å². The van der Waals surface area contributed by atoms with Crippen LogP contribution in [0.3, 0.4) is 0 Å². The number of amides is 1. The monoisotopic (exact) mass is 309 g/mol. The summed E-state index contributed by atoms with van der Waals surface area (Å²) in [6.07, 6.45) is 1.59. The smallest absolute Gasteiger partial charge is 0.371 e. The highest BCUT2D eigenvalue weighted by Gasteiger charge is 2.30. The average Bonchev–Trinajstić information content (AvgIpc) is 2.94. The third-order valence-corrected chi connectivity index (χ3v) is 3.99. The minimum Gasteiger partial charge on any atom is -0.481 e. The molecule has 2 rings (SSSR count). The number of carbonyl (C=O) groups is 3. The zero-order valence-electron chi connectivity index (χ0n) is 12.3. The van der Waals surface area contributed by atoms with Crippen LogP contribution in [0.4, 0.5) is 0 Å². The van der Waals surface area contributed by atoms with Gasteiger partial charge in [-0.05, 0) is 30.9 Å². The summed E-state index contributed by atoms with van der Waals surface area (Å²) >= 11 is 0. The fraction of sp³-hybridized carbons (Fsp3) is 0.533. The maximum absolute atomic E-state index is 12.2. The number of carboxylic acid groups (broad SMARTS) is 2. The molecule has 0 bridgehead atoms. The number of aromatic carboxylic acids is 1. The van der Waals surface area contributed by atoms with Crippen LogP contribution in [0.25, 0.3) is 0 Å². The number of furan rings is 1. The van der Waals surface area contributed by atoms with Gasteiger partial charge in [-0.25, -0.2) is 4.79 Å². The molecule has 120 valence electrons. The molecule has 1 atom stereocenters. The first-order valence-corrected chi connectivity index (χ1v) is 7.22. The van der Waals surface area contributed by atoms with Crippen LogP contribution < -0.4 is 0 Å². The Morgan fingerprint density at radius 3 is 2.41 bits per heavy atom. The number of carbonyl (C=O) groups excluding carboxylic acids is 1. The van der Waals surface area contributed by atoms with Crippen molar-refractivity contribution in [2.45, 2.75) is 32.1 Å². The van der Waals surface area contributed by atoms with Crippen LogP contribution >= 0.6 is 0 Å². The lowest BCUT2D eigenvalue weighted by Gasteiger charge is -2.30. The van der Waals surface area contributed by atoms with E-state index < -0.39 is 17.9 Å². The molecule has 2 heterocycles. The third-order valence-electron chi connectivity index (χ3n) is 3.99. The lowest BCUT2D eigenvalue weighted by Crippen LogP contribution is -2.39. The molecule has 1 aliphatic rings. The van der Waals surface area contributed by atoms with Crippen molar-refractivity contribution < 1.29 is 29.0 Å². The Kier molecular flexibility index (Phi) is 4.85. The van der Waals surface area contributed by atoms with E-state index in [1.165, 1.54) is 12.1 Å². The van der Waals surface area contributed by atoms with Gasteiger partial charge in [0.25, 0.3) is 0 Å². The van der Waals surface area contributed by atoms with Gasteiger partial charge in [0.05, 0.1) is 0 Å². The second-order valence-corrected chi connectivity index (χ2v) is 5.67. The average molecular weight is 309 g/mol. The van der Waals surface area contributed by atoms with E-state index >= 15 is 0 Å². The minimum atomic E-state index is -1.27. The molecular formula is C15H19NO6. The van der Waals surface area contributed by atoms with E-state index in [0.717, 1.165) is 12.8 Å². The van der Waals surface area contributed by atoms with Crippen LogP contribution in [-0.2, 0) is 9.59 Å². The van der Waals surface area contributed by atoms with Gasteiger partial charge in [0, 0.05) is 19.5 Å². The highest BCUT2D eigenvalue weighted by Crippen LogP contribution is 2.25. The summed E-state index contributed by atoms with van der Waals surface area (Å²) < 4.78 is 5.02. The Morgan fingerprint density at radius 1 is 1.27 bits per heavy atom. The van der Waals surface area contributed by atoms with Crippen molar-refractivity contribution in [2.24, 2.45) is 5.92 Å². The van der Waals surface area contributed by atoms with E-state index in [0.29, 0.717) is 19.0 Å². The van der Waals surface area contributed by atoms with E-state index in [2.05, 4.69) is 6.92 Å². The second-order valence-electron chi connectivity index (χ2n) is 5.67. The van der Waals surface area contributed by atoms with Gasteiger partial charge in [0.1, 0.15) is 11.7 Å². The maximum Gasteiger partial charge on any atom is 0.371 e. The first-order valence-electron chi connectivity index (χ1n) is 7.22. The summed E-state index contributed by atoms with van der Waals surface area (Å²) in [6.45, 7) is 3.38. The summed E-state index contributed by atoms with van der Waals surface area (Å²) in [4.78, 5) is 36.1. The zero-order valence-corrected chi connectivity index (χ0v) is 12.3. The number of rotatable bonds is 5. The summed E-state index contributed by atoms with van der Waals surface area (Å²) in [6, 6.07) is 2.49. The Balaban J connectivity index is 2.06. The molecule has 0 saturated carbocycles. The van der Waals surface area contributed by atoms with Gasteiger partial charge in [-0.1, -0.05) is 6.92 Å². The molecule has 1 fully saturated rings. The highest BCUT2D eigenvalue weighted by atomic mass is 16.4. The van der Waals surface area contributed by atoms with Crippen molar-refractivity contribution in [1.82, 2.24) is 4.90 Å². The molecule has 2 N–H and O–H groups in total. The van der Waals surface area contributed by atoms with Crippen molar-refractivity contribution in [3.8, 4) is 0 Å². The van der Waals surface area contributed by atoms with Crippen molar-refractivity contribution in [1.29, 1.82) is 0 Å². The molecule has 1 saturated heterocycles. The predicted octanol–water partition coefficient (Wildman–Crippen LogP) is 1.79. The Hall–Kier alpha value is -2.31. The molecule has 0 radical (unpaired) electrons. The Labute approximate surface area is 127 Å². The van der Waals surface area contributed by atoms with Gasteiger partial charge in [0.2, 0.25) is 11.7 Å². The van der Waals surface area contributed by atoms with Crippen LogP contribution in [0.5, 0.6) is 0 Å². The number of piperidine rings is 1. The quantitative estimate of drug-likeness (QED) is 0.858. The normalized spacial score (nSPS) is 17.2. The second kappa shape index (κ2) is 6.64. The van der Waals surface area contributed by atoms with Crippen LogP contribution in [0.1, 0.15) is 48.4 Å². The molecule has 1 amide bonds. The third kappa shape index (κ3) is 3.66. The molecule has 1 unspecified atom stereocenters. The van der Waals surface area contributed by atoms with E-state index in [4.69, 9.17) is 9.52 Å². The standard InChI is InChI=1S/C15H19NO6/c1-9-4-6-16(7-5-9)13(17)8-10(14(18)19)11-2-3-12(22-11)15(20)21/h2-3,9-10H,4-8H2,1H3,(H,18,19)(H,20,21). The number of hydrogen-bond acceptors (Lipinski definition) is 4. The summed E-state index contributed by atoms with van der Waals surface area (Å²) in [7, 11) is 0. The number of carboxylic acids is 2. The van der Waals surface area contributed by atoms with Gasteiger partial charge in [-0.3, -0.25) is 9.59 Å². The number of aliphatic carboxylic acids is 1.